The maximum Gasteiger partial charge on any atom is 4.00 e. The first-order valence-corrected chi connectivity index (χ1v) is 7.94. The minimum absolute atomic E-state index is 0. The van der Waals surface area contributed by atoms with Crippen LogP contribution in [0.1, 0.15) is 25.7 Å². The molecule has 0 aliphatic rings. The third-order valence-corrected chi connectivity index (χ3v) is 1.97. The van der Waals surface area contributed by atoms with E-state index in [-0.39, 0.29) is 48.1 Å². The van der Waals surface area contributed by atoms with Crippen LogP contribution in [0.4, 0.5) is 0 Å². The Morgan fingerprint density at radius 1 is 0.440 bits per heavy atom. The van der Waals surface area contributed by atoms with Crippen LogP contribution < -0.4 is 20.4 Å². The van der Waals surface area contributed by atoms with Gasteiger partial charge < -0.3 is 39.4 Å². The second-order valence-electron chi connectivity index (χ2n) is 4.20. The number of ether oxygens (including phenoxy) is 4. The molecule has 0 atom stereocenters. The molecular formula is C16H36O8Ti. The first-order valence-electron chi connectivity index (χ1n) is 7.94. The van der Waals surface area contributed by atoms with Crippen LogP contribution in [0.5, 0.6) is 0 Å². The third kappa shape index (κ3) is 79.6. The summed E-state index contributed by atoms with van der Waals surface area (Å²) in [5.41, 5.74) is 0. The zero-order valence-corrected chi connectivity index (χ0v) is 17.8. The molecular weight excluding hydrogens is 368 g/mol. The summed E-state index contributed by atoms with van der Waals surface area (Å²) in [7, 11) is 6.37. The maximum absolute atomic E-state index is 9.61. The number of methoxy groups -OCH3 is 4. The van der Waals surface area contributed by atoms with Gasteiger partial charge in [-0.3, -0.25) is 0 Å². The fourth-order valence-corrected chi connectivity index (χ4v) is 0.813. The minimum Gasteiger partial charge on any atom is -0.854 e. The zero-order valence-electron chi connectivity index (χ0n) is 16.3. The Labute approximate surface area is 168 Å². The molecule has 0 saturated carbocycles. The largest absolute Gasteiger partial charge is 4.00 e. The molecule has 0 amide bonds. The molecule has 0 saturated heterocycles. The standard InChI is InChI=1S/4C4H9O2.Ti/c4*1-6-4-2-3-5;/h4*2-4H2,1H3;/q4*-1;+4. The fourth-order valence-electron chi connectivity index (χ4n) is 0.813. The number of hydrogen-bond donors (Lipinski definition) is 0. The van der Waals surface area contributed by atoms with E-state index in [1.165, 1.54) is 0 Å². The van der Waals surface area contributed by atoms with Crippen molar-refractivity contribution in [1.82, 2.24) is 0 Å². The summed E-state index contributed by atoms with van der Waals surface area (Å²) in [6, 6.07) is 0. The van der Waals surface area contributed by atoms with Gasteiger partial charge in [-0.15, -0.1) is 26.4 Å². The smallest absolute Gasteiger partial charge is 0.854 e. The van der Waals surface area contributed by atoms with Crippen LogP contribution >= 0.6 is 0 Å². The van der Waals surface area contributed by atoms with Crippen LogP contribution in [0.15, 0.2) is 0 Å². The molecule has 152 valence electrons. The molecule has 8 nitrogen and oxygen atoms in total. The molecule has 0 aromatic carbocycles. The Bertz CT molecular complexity index is 108. The van der Waals surface area contributed by atoms with E-state index in [4.69, 9.17) is 0 Å². The molecule has 0 bridgehead atoms. The van der Waals surface area contributed by atoms with Gasteiger partial charge in [0.25, 0.3) is 0 Å². The summed E-state index contributed by atoms with van der Waals surface area (Å²) >= 11 is 0. The summed E-state index contributed by atoms with van der Waals surface area (Å²) in [5, 5.41) is 38.4. The van der Waals surface area contributed by atoms with Gasteiger partial charge in [-0.2, -0.15) is 0 Å². The van der Waals surface area contributed by atoms with E-state index in [2.05, 4.69) is 18.9 Å². The molecule has 0 aromatic heterocycles. The van der Waals surface area contributed by atoms with E-state index in [0.717, 1.165) is 0 Å². The first-order chi connectivity index (χ1) is 11.7. The monoisotopic (exact) mass is 404 g/mol. The van der Waals surface area contributed by atoms with E-state index in [1.54, 1.807) is 28.4 Å². The fraction of sp³-hybridized carbons (Fsp3) is 1.00. The predicted octanol–water partition coefficient (Wildman–Crippen LogP) is -2.47. The average molecular weight is 404 g/mol. The second kappa shape index (κ2) is 49.7. The van der Waals surface area contributed by atoms with Gasteiger partial charge in [0.15, 0.2) is 0 Å². The van der Waals surface area contributed by atoms with Crippen molar-refractivity contribution in [2.75, 3.05) is 81.3 Å². The van der Waals surface area contributed by atoms with Crippen molar-refractivity contribution in [3.05, 3.63) is 0 Å². The maximum atomic E-state index is 9.61. The van der Waals surface area contributed by atoms with E-state index in [9.17, 15) is 20.4 Å². The van der Waals surface area contributed by atoms with E-state index >= 15 is 0 Å². The van der Waals surface area contributed by atoms with Gasteiger partial charge in [-0.25, -0.2) is 0 Å². The van der Waals surface area contributed by atoms with Crippen molar-refractivity contribution < 1.29 is 61.1 Å². The molecule has 0 heterocycles. The second-order valence-corrected chi connectivity index (χ2v) is 4.20. The van der Waals surface area contributed by atoms with Crippen LogP contribution in [-0.4, -0.2) is 81.3 Å². The van der Waals surface area contributed by atoms with E-state index in [0.29, 0.717) is 52.1 Å². The Kier molecular flexibility index (Phi) is 72.2. The molecule has 0 unspecified atom stereocenters. The molecule has 0 fully saturated rings. The normalized spacial score (nSPS) is 8.64. The van der Waals surface area contributed by atoms with Crippen LogP contribution in [0.2, 0.25) is 0 Å². The number of rotatable bonds is 12. The zero-order chi connectivity index (χ0) is 19.3. The molecule has 0 aliphatic heterocycles. The quantitative estimate of drug-likeness (QED) is 0.259. The molecule has 9 heteroatoms. The minimum atomic E-state index is -0.0200. The summed E-state index contributed by atoms with van der Waals surface area (Å²) in [4.78, 5) is 0. The van der Waals surface area contributed by atoms with E-state index in [1.807, 2.05) is 0 Å². The number of hydrogen-bond acceptors (Lipinski definition) is 8. The van der Waals surface area contributed by atoms with Crippen LogP contribution in [0, 0.1) is 0 Å². The van der Waals surface area contributed by atoms with Crippen molar-refractivity contribution in [2.24, 2.45) is 0 Å². The molecule has 25 heavy (non-hydrogen) atoms. The molecule has 0 N–H and O–H groups in total. The SMILES string of the molecule is COCCC[O-].COCCC[O-].COCCC[O-].COCCC[O-].[Ti+4]. The molecule has 0 rings (SSSR count). The van der Waals surface area contributed by atoms with Gasteiger partial charge in [-0.1, -0.05) is 0 Å². The summed E-state index contributed by atoms with van der Waals surface area (Å²) in [6.45, 7) is 2.32. The van der Waals surface area contributed by atoms with E-state index < -0.39 is 0 Å². The third-order valence-electron chi connectivity index (χ3n) is 1.97. The Balaban J connectivity index is -0.0000000702. The van der Waals surface area contributed by atoms with Gasteiger partial charge in [0.05, 0.1) is 0 Å². The van der Waals surface area contributed by atoms with Crippen molar-refractivity contribution >= 4 is 0 Å². The topological polar surface area (TPSA) is 129 Å². The summed E-state index contributed by atoms with van der Waals surface area (Å²) in [6.07, 6.45) is 2.54. The Morgan fingerprint density at radius 2 is 0.600 bits per heavy atom. The van der Waals surface area contributed by atoms with Gasteiger partial charge in [-0.05, 0) is 25.7 Å². The van der Waals surface area contributed by atoms with Crippen LogP contribution in [0.25, 0.3) is 0 Å². The van der Waals surface area contributed by atoms with Gasteiger partial charge >= 0.3 is 21.7 Å². The first kappa shape index (κ1) is 36.3. The predicted molar refractivity (Wildman–Crippen MR) is 85.4 cm³/mol. The van der Waals surface area contributed by atoms with Crippen LogP contribution in [-0.2, 0) is 40.7 Å². The molecule has 0 aromatic rings. The Hall–Kier alpha value is 0.394. The van der Waals surface area contributed by atoms with Gasteiger partial charge in [0.2, 0.25) is 0 Å². The molecule has 0 aliphatic carbocycles. The van der Waals surface area contributed by atoms with Gasteiger partial charge in [0.1, 0.15) is 0 Å². The van der Waals surface area contributed by atoms with Crippen molar-refractivity contribution in [1.29, 1.82) is 0 Å². The summed E-state index contributed by atoms with van der Waals surface area (Å²) < 4.78 is 18.3. The van der Waals surface area contributed by atoms with Crippen LogP contribution in [0.3, 0.4) is 0 Å². The average Bonchev–Trinajstić information content (AvgIpc) is 2.62. The molecule has 0 radical (unpaired) electrons. The molecule has 0 spiro atoms. The van der Waals surface area contributed by atoms with Crippen molar-refractivity contribution in [2.45, 2.75) is 25.7 Å². The van der Waals surface area contributed by atoms with Crippen molar-refractivity contribution in [3.8, 4) is 0 Å². The Morgan fingerprint density at radius 3 is 0.640 bits per heavy atom. The van der Waals surface area contributed by atoms with Crippen molar-refractivity contribution in [3.63, 3.8) is 0 Å². The van der Waals surface area contributed by atoms with Gasteiger partial charge in [0, 0.05) is 54.9 Å². The summed E-state index contributed by atoms with van der Waals surface area (Å²) in [5.74, 6) is 0.